The highest BCUT2D eigenvalue weighted by Gasteiger charge is 2.60. The molecule has 2 amide bonds. The number of amides is 2. The Morgan fingerprint density at radius 1 is 1.33 bits per heavy atom. The van der Waals surface area contributed by atoms with Gasteiger partial charge in [0.15, 0.2) is 10.8 Å². The third-order valence-electron chi connectivity index (χ3n) is 6.14. The number of carbonyl (C=O) groups is 2. The minimum absolute atomic E-state index is 0.0247. The first-order valence-corrected chi connectivity index (χ1v) is 10.4. The molecule has 1 saturated carbocycles. The van der Waals surface area contributed by atoms with Crippen molar-refractivity contribution in [1.82, 2.24) is 15.2 Å². The van der Waals surface area contributed by atoms with Gasteiger partial charge in [-0.15, -0.1) is 0 Å². The van der Waals surface area contributed by atoms with E-state index in [-0.39, 0.29) is 29.2 Å². The van der Waals surface area contributed by atoms with Crippen molar-refractivity contribution in [2.75, 3.05) is 11.9 Å². The standard InChI is InChI=1S/C21H17F4N5O2S/c1-27-17(31)13-4-3-11(8-15(13)22)30-19(33)29(18(32)20(30)5-2-6-20)12-7-14(21(23,24)25)16(9-26)28-10-12/h7-8,10H,2-6H2,1H3,(H,27,31). The van der Waals surface area contributed by atoms with Crippen LogP contribution in [0.5, 0.6) is 0 Å². The number of nitrogens with one attached hydrogen (secondary N) is 1. The molecule has 12 heteroatoms. The molecule has 0 aromatic carbocycles. The van der Waals surface area contributed by atoms with Crippen molar-refractivity contribution in [2.45, 2.75) is 43.8 Å². The van der Waals surface area contributed by atoms with E-state index < -0.39 is 40.6 Å². The Labute approximate surface area is 191 Å². The highest BCUT2D eigenvalue weighted by atomic mass is 32.1. The fourth-order valence-electron chi connectivity index (χ4n) is 4.36. The van der Waals surface area contributed by atoms with E-state index in [1.54, 1.807) is 0 Å². The van der Waals surface area contributed by atoms with Crippen LogP contribution in [0.1, 0.15) is 43.4 Å². The predicted octanol–water partition coefficient (Wildman–Crippen LogP) is 3.48. The lowest BCUT2D eigenvalue weighted by Crippen LogP contribution is -2.54. The van der Waals surface area contributed by atoms with Crippen LogP contribution in [0.2, 0.25) is 0 Å². The maximum atomic E-state index is 14.7. The molecule has 4 rings (SSSR count). The van der Waals surface area contributed by atoms with Crippen LogP contribution in [-0.4, -0.2) is 39.4 Å². The van der Waals surface area contributed by atoms with Crippen LogP contribution in [0.4, 0.5) is 23.2 Å². The number of alkyl halides is 3. The summed E-state index contributed by atoms with van der Waals surface area (Å²) in [6.45, 7) is 0. The highest BCUT2D eigenvalue weighted by molar-refractivity contribution is 7.80. The van der Waals surface area contributed by atoms with Gasteiger partial charge in [-0.05, 0) is 56.5 Å². The molecule has 3 aliphatic rings. The molecule has 1 N–H and O–H groups in total. The van der Waals surface area contributed by atoms with Gasteiger partial charge in [0.05, 0.1) is 23.0 Å². The van der Waals surface area contributed by atoms with Crippen molar-refractivity contribution in [3.8, 4) is 6.07 Å². The summed E-state index contributed by atoms with van der Waals surface area (Å²) in [5, 5.41) is 11.3. The number of likely N-dealkylation sites (N-methyl/N-ethyl adjacent to an activating group) is 1. The lowest BCUT2D eigenvalue weighted by molar-refractivity contribution is -0.138. The predicted molar refractivity (Wildman–Crippen MR) is 112 cm³/mol. The normalized spacial score (nSPS) is 20.1. The smallest absolute Gasteiger partial charge is 0.355 e. The molecule has 1 spiro atoms. The van der Waals surface area contributed by atoms with Gasteiger partial charge in [0.2, 0.25) is 5.91 Å². The van der Waals surface area contributed by atoms with Crippen molar-refractivity contribution in [3.05, 3.63) is 46.7 Å². The van der Waals surface area contributed by atoms with Gasteiger partial charge in [0.25, 0.3) is 5.91 Å². The molecule has 2 aliphatic carbocycles. The number of nitriles is 1. The average Bonchev–Trinajstić information content (AvgIpc) is 2.98. The Kier molecular flexibility index (Phi) is 5.48. The first kappa shape index (κ1) is 22.8. The van der Waals surface area contributed by atoms with Crippen molar-refractivity contribution in [2.24, 2.45) is 0 Å². The molecule has 1 aliphatic heterocycles. The topological polar surface area (TPSA) is 89.3 Å². The van der Waals surface area contributed by atoms with E-state index in [1.807, 2.05) is 0 Å². The van der Waals surface area contributed by atoms with Gasteiger partial charge in [-0.2, -0.15) is 18.4 Å². The Bertz CT molecular complexity index is 1180. The zero-order valence-electron chi connectivity index (χ0n) is 17.3. The summed E-state index contributed by atoms with van der Waals surface area (Å²) in [6, 6.07) is 2.07. The average molecular weight is 479 g/mol. The Morgan fingerprint density at radius 3 is 2.55 bits per heavy atom. The fraction of sp³-hybridized carbons (Fsp3) is 0.381. The van der Waals surface area contributed by atoms with Crippen LogP contribution in [0, 0.1) is 11.3 Å². The van der Waals surface area contributed by atoms with Crippen molar-refractivity contribution in [1.29, 1.82) is 5.26 Å². The molecule has 0 radical (unpaired) electrons. The Morgan fingerprint density at radius 2 is 2.03 bits per heavy atom. The summed E-state index contributed by atoms with van der Waals surface area (Å²) in [5.74, 6) is -1.83. The minimum atomic E-state index is -4.86. The molecule has 0 bridgehead atoms. The number of hydrogen-bond acceptors (Lipinski definition) is 5. The van der Waals surface area contributed by atoms with Crippen molar-refractivity contribution in [3.63, 3.8) is 0 Å². The SMILES string of the molecule is CNC(=O)C1=C(F)C=C(N2C(=S)N(c3cnc(C#N)c(C(F)(F)F)c3)C(=O)C23CCC3)CC1. The minimum Gasteiger partial charge on any atom is -0.355 e. The molecule has 172 valence electrons. The Balaban J connectivity index is 1.78. The molecule has 33 heavy (non-hydrogen) atoms. The molecule has 2 fully saturated rings. The van der Waals surface area contributed by atoms with E-state index in [9.17, 15) is 27.2 Å². The number of pyridine rings is 1. The molecule has 7 nitrogen and oxygen atoms in total. The van der Waals surface area contributed by atoms with E-state index in [0.29, 0.717) is 31.0 Å². The quantitative estimate of drug-likeness (QED) is 0.528. The monoisotopic (exact) mass is 479 g/mol. The van der Waals surface area contributed by atoms with Crippen LogP contribution in [0.25, 0.3) is 0 Å². The maximum Gasteiger partial charge on any atom is 0.419 e. The van der Waals surface area contributed by atoms with Crippen LogP contribution < -0.4 is 10.2 Å². The third kappa shape index (κ3) is 3.47. The first-order valence-electron chi connectivity index (χ1n) is 10.0. The first-order chi connectivity index (χ1) is 15.5. The van der Waals surface area contributed by atoms with Gasteiger partial charge >= 0.3 is 6.18 Å². The van der Waals surface area contributed by atoms with E-state index in [1.165, 1.54) is 18.0 Å². The molecule has 0 unspecified atom stereocenters. The molecule has 1 saturated heterocycles. The summed E-state index contributed by atoms with van der Waals surface area (Å²) in [6.07, 6.45) is -0.944. The van der Waals surface area contributed by atoms with E-state index in [2.05, 4.69) is 10.3 Å². The molecule has 1 aromatic heterocycles. The lowest BCUT2D eigenvalue weighted by atomic mass is 9.75. The molecule has 1 aromatic rings. The number of nitrogens with zero attached hydrogens (tertiary/aromatic N) is 4. The molecular formula is C21H17F4N5O2S. The van der Waals surface area contributed by atoms with Crippen LogP contribution >= 0.6 is 12.2 Å². The number of anilines is 1. The Hall–Kier alpha value is -3.33. The second-order valence-corrected chi connectivity index (χ2v) is 8.25. The van der Waals surface area contributed by atoms with Gasteiger partial charge in [-0.3, -0.25) is 14.5 Å². The van der Waals surface area contributed by atoms with Gasteiger partial charge in [0.1, 0.15) is 17.4 Å². The van der Waals surface area contributed by atoms with Gasteiger partial charge in [-0.1, -0.05) is 0 Å². The molecule has 0 atom stereocenters. The number of carbonyl (C=O) groups excluding carboxylic acids is 2. The van der Waals surface area contributed by atoms with Gasteiger partial charge in [-0.25, -0.2) is 9.37 Å². The van der Waals surface area contributed by atoms with Crippen LogP contribution in [0.15, 0.2) is 35.4 Å². The number of rotatable bonds is 3. The summed E-state index contributed by atoms with van der Waals surface area (Å²) < 4.78 is 55.0. The van der Waals surface area contributed by atoms with E-state index in [4.69, 9.17) is 17.5 Å². The maximum absolute atomic E-state index is 14.7. The summed E-state index contributed by atoms with van der Waals surface area (Å²) in [4.78, 5) is 31.3. The summed E-state index contributed by atoms with van der Waals surface area (Å²) >= 11 is 5.49. The number of thiocarbonyl (C=S) groups is 1. The largest absolute Gasteiger partial charge is 0.419 e. The van der Waals surface area contributed by atoms with E-state index >= 15 is 0 Å². The van der Waals surface area contributed by atoms with Gasteiger partial charge in [0, 0.05) is 12.7 Å². The lowest BCUT2D eigenvalue weighted by Gasteiger charge is -2.44. The highest BCUT2D eigenvalue weighted by Crippen LogP contribution is 2.49. The molecule has 2 heterocycles. The third-order valence-corrected chi connectivity index (χ3v) is 6.50. The number of aromatic nitrogens is 1. The van der Waals surface area contributed by atoms with Crippen LogP contribution in [0.3, 0.4) is 0 Å². The van der Waals surface area contributed by atoms with Crippen molar-refractivity contribution >= 4 is 34.8 Å². The summed E-state index contributed by atoms with van der Waals surface area (Å²) in [7, 11) is 1.39. The number of hydrogen-bond donors (Lipinski definition) is 1. The summed E-state index contributed by atoms with van der Waals surface area (Å²) in [5.41, 5.74) is -3.09. The molecular weight excluding hydrogens is 462 g/mol. The number of allylic oxidation sites excluding steroid dienone is 3. The van der Waals surface area contributed by atoms with Crippen LogP contribution in [-0.2, 0) is 15.8 Å². The zero-order chi connectivity index (χ0) is 24.1. The zero-order valence-corrected chi connectivity index (χ0v) is 18.1. The second kappa shape index (κ2) is 7.91. The number of halogens is 4. The fourth-order valence-corrected chi connectivity index (χ4v) is 4.84. The van der Waals surface area contributed by atoms with Gasteiger partial charge < -0.3 is 10.2 Å². The van der Waals surface area contributed by atoms with E-state index in [0.717, 1.165) is 17.2 Å². The second-order valence-electron chi connectivity index (χ2n) is 7.88. The van der Waals surface area contributed by atoms with Crippen molar-refractivity contribution < 1.29 is 27.2 Å².